The number of thiocarbonyl (C=S) groups is 1. The number of hydrogen-bond donors (Lipinski definition) is 0. The lowest BCUT2D eigenvalue weighted by atomic mass is 10.1. The Labute approximate surface area is 122 Å². The third-order valence-electron chi connectivity index (χ3n) is 3.12. The number of aliphatic imine (C=N–C) groups is 2. The molecule has 0 bridgehead atoms. The van der Waals surface area contributed by atoms with Crippen LogP contribution >= 0.6 is 12.2 Å². The van der Waals surface area contributed by atoms with Gasteiger partial charge in [-0.2, -0.15) is 4.99 Å². The third-order valence-corrected chi connectivity index (χ3v) is 3.21. The molecule has 0 saturated heterocycles. The number of isothiocyanates is 1. The van der Waals surface area contributed by atoms with Gasteiger partial charge in [0.15, 0.2) is 0 Å². The molecule has 0 atom stereocenters. The molecule has 0 aromatic heterocycles. The third kappa shape index (κ3) is 2.52. The van der Waals surface area contributed by atoms with E-state index in [0.717, 1.165) is 28.4 Å². The molecule has 2 aromatic carbocycles. The molecule has 0 saturated carbocycles. The average Bonchev–Trinajstić information content (AvgIpc) is 2.48. The Hall–Kier alpha value is -2.29. The first-order chi connectivity index (χ1) is 9.76. The molecule has 0 amide bonds. The second-order valence-electron chi connectivity index (χ2n) is 4.57. The fraction of sp³-hybridized carbons (Fsp3) is 0.125. The minimum Gasteiger partial charge on any atom is -0.485 e. The first-order valence-electron chi connectivity index (χ1n) is 6.25. The standard InChI is InChI=1S/C16H12N2OS/c1-11-2-4-12(5-3-11)15-9-19-16-7-6-13(17-10-20)8-14(16)18-15/h2-8H,9H2,1H3. The Kier molecular flexibility index (Phi) is 3.42. The predicted octanol–water partition coefficient (Wildman–Crippen LogP) is 4.24. The van der Waals surface area contributed by atoms with Crippen LogP contribution in [0.25, 0.3) is 0 Å². The van der Waals surface area contributed by atoms with Crippen LogP contribution in [0.15, 0.2) is 52.4 Å². The van der Waals surface area contributed by atoms with Gasteiger partial charge in [0.1, 0.15) is 18.0 Å². The summed E-state index contributed by atoms with van der Waals surface area (Å²) in [6.45, 7) is 2.54. The van der Waals surface area contributed by atoms with E-state index >= 15 is 0 Å². The van der Waals surface area contributed by atoms with Gasteiger partial charge in [-0.3, -0.25) is 0 Å². The first kappa shape index (κ1) is 12.7. The molecule has 1 aliphatic heterocycles. The maximum absolute atomic E-state index is 5.73. The van der Waals surface area contributed by atoms with E-state index in [1.807, 2.05) is 18.2 Å². The Morgan fingerprint density at radius 1 is 1.20 bits per heavy atom. The summed E-state index contributed by atoms with van der Waals surface area (Å²) < 4.78 is 5.73. The van der Waals surface area contributed by atoms with E-state index < -0.39 is 0 Å². The highest BCUT2D eigenvalue weighted by atomic mass is 32.1. The minimum absolute atomic E-state index is 0.478. The van der Waals surface area contributed by atoms with E-state index in [0.29, 0.717) is 6.61 Å². The molecule has 0 unspecified atom stereocenters. The second-order valence-corrected chi connectivity index (χ2v) is 4.75. The number of hydrogen-bond acceptors (Lipinski definition) is 4. The van der Waals surface area contributed by atoms with Crippen molar-refractivity contribution in [1.29, 1.82) is 0 Å². The van der Waals surface area contributed by atoms with Crippen LogP contribution in [0, 0.1) is 6.92 Å². The number of nitrogens with zero attached hydrogens (tertiary/aromatic N) is 2. The summed E-state index contributed by atoms with van der Waals surface area (Å²) in [6, 6.07) is 13.8. The first-order valence-corrected chi connectivity index (χ1v) is 6.66. The van der Waals surface area contributed by atoms with Gasteiger partial charge in [0.2, 0.25) is 0 Å². The van der Waals surface area contributed by atoms with Crippen LogP contribution in [0.3, 0.4) is 0 Å². The molecule has 1 aliphatic rings. The Morgan fingerprint density at radius 3 is 2.75 bits per heavy atom. The Balaban J connectivity index is 2.02. The molecule has 2 aromatic rings. The van der Waals surface area contributed by atoms with E-state index in [4.69, 9.17) is 4.74 Å². The van der Waals surface area contributed by atoms with Crippen LogP contribution < -0.4 is 4.74 Å². The number of rotatable bonds is 2. The van der Waals surface area contributed by atoms with Crippen LogP contribution in [0.1, 0.15) is 11.1 Å². The zero-order valence-corrected chi connectivity index (χ0v) is 11.8. The summed E-state index contributed by atoms with van der Waals surface area (Å²) in [7, 11) is 0. The molecule has 0 fully saturated rings. The highest BCUT2D eigenvalue weighted by Gasteiger charge is 2.14. The fourth-order valence-electron chi connectivity index (χ4n) is 2.06. The minimum atomic E-state index is 0.478. The molecule has 0 N–H and O–H groups in total. The molecule has 3 rings (SSSR count). The van der Waals surface area contributed by atoms with Crippen LogP contribution in [0.4, 0.5) is 11.4 Å². The maximum atomic E-state index is 5.73. The summed E-state index contributed by atoms with van der Waals surface area (Å²) in [5.41, 5.74) is 4.73. The SMILES string of the molecule is Cc1ccc(C2=Nc3cc(N=C=S)ccc3OC2)cc1. The van der Waals surface area contributed by atoms with E-state index in [9.17, 15) is 0 Å². The van der Waals surface area contributed by atoms with Gasteiger partial charge in [0.05, 0.1) is 16.6 Å². The molecule has 98 valence electrons. The van der Waals surface area contributed by atoms with Crippen molar-refractivity contribution >= 4 is 34.5 Å². The summed E-state index contributed by atoms with van der Waals surface area (Å²) in [6.07, 6.45) is 0. The van der Waals surface area contributed by atoms with Crippen molar-refractivity contribution in [3.63, 3.8) is 0 Å². The highest BCUT2D eigenvalue weighted by molar-refractivity contribution is 7.78. The number of fused-ring (bicyclic) bond motifs is 1. The van der Waals surface area contributed by atoms with Gasteiger partial charge in [0.25, 0.3) is 0 Å². The molecule has 0 radical (unpaired) electrons. The van der Waals surface area contributed by atoms with Crippen LogP contribution in [-0.4, -0.2) is 17.5 Å². The Morgan fingerprint density at radius 2 is 2.00 bits per heavy atom. The van der Waals surface area contributed by atoms with Crippen molar-refractivity contribution < 1.29 is 4.74 Å². The summed E-state index contributed by atoms with van der Waals surface area (Å²) in [5.74, 6) is 0.768. The predicted molar refractivity (Wildman–Crippen MR) is 84.0 cm³/mol. The molecular formula is C16H12N2OS. The highest BCUT2D eigenvalue weighted by Crippen LogP contribution is 2.34. The topological polar surface area (TPSA) is 34.0 Å². The second kappa shape index (κ2) is 5.37. The number of ether oxygens (including phenoxy) is 1. The van der Waals surface area contributed by atoms with Crippen LogP contribution in [-0.2, 0) is 0 Å². The molecule has 20 heavy (non-hydrogen) atoms. The number of benzene rings is 2. The van der Waals surface area contributed by atoms with Crippen molar-refractivity contribution in [1.82, 2.24) is 0 Å². The summed E-state index contributed by atoms with van der Waals surface area (Å²) >= 11 is 4.62. The van der Waals surface area contributed by atoms with Gasteiger partial charge in [0, 0.05) is 0 Å². The van der Waals surface area contributed by atoms with Crippen molar-refractivity contribution in [2.24, 2.45) is 9.98 Å². The lowest BCUT2D eigenvalue weighted by molar-refractivity contribution is 0.373. The summed E-state index contributed by atoms with van der Waals surface area (Å²) in [5, 5.41) is 2.36. The van der Waals surface area contributed by atoms with Crippen molar-refractivity contribution in [2.45, 2.75) is 6.92 Å². The molecule has 4 heteroatoms. The molecular weight excluding hydrogens is 268 g/mol. The molecule has 3 nitrogen and oxygen atoms in total. The lowest BCUT2D eigenvalue weighted by Gasteiger charge is -2.17. The zero-order valence-electron chi connectivity index (χ0n) is 11.0. The molecule has 0 aliphatic carbocycles. The van der Waals surface area contributed by atoms with Crippen molar-refractivity contribution in [3.05, 3.63) is 53.6 Å². The summed E-state index contributed by atoms with van der Waals surface area (Å²) in [4.78, 5) is 8.62. The van der Waals surface area contributed by atoms with Crippen molar-refractivity contribution in [2.75, 3.05) is 6.61 Å². The largest absolute Gasteiger partial charge is 0.485 e. The van der Waals surface area contributed by atoms with E-state index in [2.05, 4.69) is 58.6 Å². The molecule has 0 spiro atoms. The van der Waals surface area contributed by atoms with E-state index in [1.165, 1.54) is 5.56 Å². The normalized spacial score (nSPS) is 12.8. The average molecular weight is 280 g/mol. The van der Waals surface area contributed by atoms with Crippen LogP contribution in [0.5, 0.6) is 5.75 Å². The smallest absolute Gasteiger partial charge is 0.145 e. The Bertz CT molecular complexity index is 729. The van der Waals surface area contributed by atoms with Gasteiger partial charge in [-0.25, -0.2) is 4.99 Å². The van der Waals surface area contributed by atoms with Gasteiger partial charge in [-0.05, 0) is 42.9 Å². The monoisotopic (exact) mass is 280 g/mol. The maximum Gasteiger partial charge on any atom is 0.145 e. The quantitative estimate of drug-likeness (QED) is 0.609. The van der Waals surface area contributed by atoms with Gasteiger partial charge in [-0.1, -0.05) is 29.8 Å². The van der Waals surface area contributed by atoms with E-state index in [-0.39, 0.29) is 0 Å². The fourth-order valence-corrected chi connectivity index (χ4v) is 2.16. The van der Waals surface area contributed by atoms with Gasteiger partial charge in [-0.15, -0.1) is 0 Å². The van der Waals surface area contributed by atoms with Crippen LogP contribution in [0.2, 0.25) is 0 Å². The molecule has 1 heterocycles. The van der Waals surface area contributed by atoms with Gasteiger partial charge < -0.3 is 4.74 Å². The zero-order chi connectivity index (χ0) is 13.9. The van der Waals surface area contributed by atoms with Gasteiger partial charge >= 0.3 is 0 Å². The lowest BCUT2D eigenvalue weighted by Crippen LogP contribution is -2.16. The van der Waals surface area contributed by atoms with E-state index in [1.54, 1.807) is 0 Å². The van der Waals surface area contributed by atoms with Crippen molar-refractivity contribution in [3.8, 4) is 5.75 Å². The number of aryl methyl sites for hydroxylation is 1.